The molecule has 0 fully saturated rings. The first kappa shape index (κ1) is 41.4. The van der Waals surface area contributed by atoms with Crippen molar-refractivity contribution in [1.82, 2.24) is 0 Å². The number of ether oxygens (including phenoxy) is 6. The molecule has 0 aliphatic heterocycles. The van der Waals surface area contributed by atoms with Gasteiger partial charge in [0, 0.05) is 33.4 Å². The molecular weight excluding hydrogens is 548 g/mol. The van der Waals surface area contributed by atoms with E-state index < -0.39 is 8.32 Å². The molecule has 0 saturated heterocycles. The maximum absolute atomic E-state index is 7.36. The first-order valence-electron chi connectivity index (χ1n) is 16.2. The molecule has 42 heavy (non-hydrogen) atoms. The molecule has 0 saturated carbocycles. The lowest BCUT2D eigenvalue weighted by Gasteiger charge is -2.45. The van der Waals surface area contributed by atoms with Crippen molar-refractivity contribution in [2.24, 2.45) is 5.92 Å². The number of methoxy groups -OCH3 is 3. The first-order chi connectivity index (χ1) is 19.9. The van der Waals surface area contributed by atoms with E-state index in [2.05, 4.69) is 75.0 Å². The Labute approximate surface area is 261 Å². The van der Waals surface area contributed by atoms with E-state index in [0.717, 1.165) is 44.9 Å². The van der Waals surface area contributed by atoms with Crippen LogP contribution >= 0.6 is 0 Å². The predicted octanol–water partition coefficient (Wildman–Crippen LogP) is 9.03. The second-order valence-corrected chi connectivity index (χ2v) is 18.1. The third-order valence-corrected chi connectivity index (χ3v) is 14.6. The molecule has 250 valence electrons. The molecule has 0 rings (SSSR count). The Balaban J connectivity index is 6.28. The van der Waals surface area contributed by atoms with Gasteiger partial charge in [-0.05, 0) is 62.1 Å². The number of hydrogen-bond donors (Lipinski definition) is 0. The summed E-state index contributed by atoms with van der Waals surface area (Å²) in [6.07, 6.45) is 10.7. The number of allylic oxidation sites excluding steroid dienone is 1. The SMILES string of the molecule is C=CCCC[C@H](C[C@H](OCOC)[C@H](C)[C@@H](/C=C(\C)C[C@@H](CCC)OCOC)OCOC)O[Si](C(C)C)(C(C)C)C(C)C. The van der Waals surface area contributed by atoms with E-state index in [1.807, 2.05) is 6.08 Å². The number of hydrogen-bond acceptors (Lipinski definition) is 7. The molecule has 8 heteroatoms. The minimum absolute atomic E-state index is 0.0356. The molecule has 0 aromatic rings. The van der Waals surface area contributed by atoms with Crippen molar-refractivity contribution in [2.45, 2.75) is 148 Å². The van der Waals surface area contributed by atoms with E-state index in [-0.39, 0.29) is 43.9 Å². The molecule has 0 unspecified atom stereocenters. The third kappa shape index (κ3) is 14.9. The molecule has 5 atom stereocenters. The Kier molecular flexibility index (Phi) is 23.4. The van der Waals surface area contributed by atoms with Gasteiger partial charge in [-0.3, -0.25) is 0 Å². The summed E-state index contributed by atoms with van der Waals surface area (Å²) in [5.41, 5.74) is 2.74. The van der Waals surface area contributed by atoms with Gasteiger partial charge in [-0.15, -0.1) is 6.58 Å². The highest BCUT2D eigenvalue weighted by Gasteiger charge is 2.47. The van der Waals surface area contributed by atoms with E-state index in [4.69, 9.17) is 32.8 Å². The van der Waals surface area contributed by atoms with Crippen LogP contribution in [-0.2, 0) is 32.8 Å². The lowest BCUT2D eigenvalue weighted by atomic mass is 9.90. The average Bonchev–Trinajstić information content (AvgIpc) is 2.93. The summed E-state index contributed by atoms with van der Waals surface area (Å²) in [4.78, 5) is 0. The van der Waals surface area contributed by atoms with Gasteiger partial charge in [-0.2, -0.15) is 0 Å². The molecule has 0 aromatic carbocycles. The highest BCUT2D eigenvalue weighted by atomic mass is 28.4. The van der Waals surface area contributed by atoms with E-state index in [1.54, 1.807) is 21.3 Å². The molecule has 0 spiro atoms. The smallest absolute Gasteiger partial charge is 0.200 e. The van der Waals surface area contributed by atoms with Crippen LogP contribution in [0.15, 0.2) is 24.3 Å². The predicted molar refractivity (Wildman–Crippen MR) is 177 cm³/mol. The largest absolute Gasteiger partial charge is 0.413 e. The first-order valence-corrected chi connectivity index (χ1v) is 18.4. The summed E-state index contributed by atoms with van der Waals surface area (Å²) >= 11 is 0. The second-order valence-electron chi connectivity index (χ2n) is 12.7. The van der Waals surface area contributed by atoms with Crippen molar-refractivity contribution in [3.05, 3.63) is 24.3 Å². The zero-order valence-corrected chi connectivity index (χ0v) is 30.4. The van der Waals surface area contributed by atoms with Gasteiger partial charge in [0.1, 0.15) is 20.4 Å². The van der Waals surface area contributed by atoms with Crippen LogP contribution in [0.1, 0.15) is 107 Å². The fraction of sp³-hybridized carbons (Fsp3) is 0.882. The molecule has 7 nitrogen and oxygen atoms in total. The summed E-state index contributed by atoms with van der Waals surface area (Å²) in [6, 6.07) is 0. The van der Waals surface area contributed by atoms with Crippen LogP contribution in [-0.4, -0.2) is 74.4 Å². The van der Waals surface area contributed by atoms with Gasteiger partial charge in [0.25, 0.3) is 0 Å². The number of rotatable bonds is 27. The topological polar surface area (TPSA) is 64.6 Å². The molecular formula is C34H68O7Si. The van der Waals surface area contributed by atoms with Crippen molar-refractivity contribution in [2.75, 3.05) is 41.7 Å². The van der Waals surface area contributed by atoms with E-state index in [0.29, 0.717) is 23.4 Å². The van der Waals surface area contributed by atoms with Crippen molar-refractivity contribution < 1.29 is 32.8 Å². The monoisotopic (exact) mass is 616 g/mol. The van der Waals surface area contributed by atoms with Crippen LogP contribution in [0, 0.1) is 5.92 Å². The summed E-state index contributed by atoms with van der Waals surface area (Å²) < 4.78 is 41.9. The molecule has 0 aliphatic carbocycles. The highest BCUT2D eigenvalue weighted by molar-refractivity contribution is 6.77. The minimum Gasteiger partial charge on any atom is -0.413 e. The highest BCUT2D eigenvalue weighted by Crippen LogP contribution is 2.44. The van der Waals surface area contributed by atoms with Gasteiger partial charge in [0.15, 0.2) is 0 Å². The van der Waals surface area contributed by atoms with Crippen molar-refractivity contribution in [3.63, 3.8) is 0 Å². The minimum atomic E-state index is -2.10. The Morgan fingerprint density at radius 1 is 0.762 bits per heavy atom. The molecule has 0 aromatic heterocycles. The van der Waals surface area contributed by atoms with Crippen LogP contribution in [0.3, 0.4) is 0 Å². The summed E-state index contributed by atoms with van der Waals surface area (Å²) in [5, 5.41) is 0. The lowest BCUT2D eigenvalue weighted by Crippen LogP contribution is -2.51. The average molecular weight is 617 g/mol. The zero-order valence-electron chi connectivity index (χ0n) is 29.4. The lowest BCUT2D eigenvalue weighted by molar-refractivity contribution is -0.136. The Bertz CT molecular complexity index is 676. The summed E-state index contributed by atoms with van der Waals surface area (Å²) in [6.45, 7) is 25.3. The van der Waals surface area contributed by atoms with Crippen LogP contribution in [0.5, 0.6) is 0 Å². The third-order valence-electron chi connectivity index (χ3n) is 8.42. The van der Waals surface area contributed by atoms with Gasteiger partial charge in [0.2, 0.25) is 8.32 Å². The second kappa shape index (κ2) is 23.8. The maximum Gasteiger partial charge on any atom is 0.200 e. The van der Waals surface area contributed by atoms with Crippen LogP contribution in [0.2, 0.25) is 16.6 Å². The van der Waals surface area contributed by atoms with Crippen LogP contribution in [0.4, 0.5) is 0 Å². The van der Waals surface area contributed by atoms with Gasteiger partial charge in [-0.25, -0.2) is 0 Å². The van der Waals surface area contributed by atoms with Crippen molar-refractivity contribution in [1.29, 1.82) is 0 Å². The van der Waals surface area contributed by atoms with Crippen molar-refractivity contribution >= 4 is 8.32 Å². The quantitative estimate of drug-likeness (QED) is 0.0395. The fourth-order valence-electron chi connectivity index (χ4n) is 6.41. The van der Waals surface area contributed by atoms with Crippen molar-refractivity contribution in [3.8, 4) is 0 Å². The van der Waals surface area contributed by atoms with E-state index in [1.165, 1.54) is 5.57 Å². The van der Waals surface area contributed by atoms with Gasteiger partial charge >= 0.3 is 0 Å². The Hall–Kier alpha value is -0.583. The normalized spacial score (nSPS) is 16.7. The zero-order chi connectivity index (χ0) is 32.1. The van der Waals surface area contributed by atoms with Crippen LogP contribution in [0.25, 0.3) is 0 Å². The molecule has 0 heterocycles. The van der Waals surface area contributed by atoms with Gasteiger partial charge < -0.3 is 32.8 Å². The summed E-state index contributed by atoms with van der Waals surface area (Å²) in [5.74, 6) is 0.0356. The Morgan fingerprint density at radius 3 is 1.81 bits per heavy atom. The van der Waals surface area contributed by atoms with Gasteiger partial charge in [0.05, 0.1) is 18.3 Å². The standard InChI is InChI=1S/C34H68O7Si/c1-14-16-17-19-32(41-42(26(3)4,27(5)6)28(7)8)22-34(40-25-37-13)30(10)33(39-24-36-12)21-29(9)20-31(18-15-2)38-23-35-11/h14,21,26-28,30-34H,1,15-20,22-25H2,2-13H3/b29-21+/t30-,31-,32-,33-,34+/m1/s1. The van der Waals surface area contributed by atoms with Gasteiger partial charge in [-0.1, -0.05) is 79.5 Å². The molecule has 0 aliphatic rings. The van der Waals surface area contributed by atoms with E-state index >= 15 is 0 Å². The van der Waals surface area contributed by atoms with Crippen LogP contribution < -0.4 is 0 Å². The maximum atomic E-state index is 7.36. The summed E-state index contributed by atoms with van der Waals surface area (Å²) in [7, 11) is 2.89. The molecule has 0 radical (unpaired) electrons. The number of unbranched alkanes of at least 4 members (excludes halogenated alkanes) is 1. The molecule has 0 amide bonds. The fourth-order valence-corrected chi connectivity index (χ4v) is 12.0. The Morgan fingerprint density at radius 2 is 1.31 bits per heavy atom. The van der Waals surface area contributed by atoms with E-state index in [9.17, 15) is 0 Å². The molecule has 0 bridgehead atoms. The molecule has 0 N–H and O–H groups in total.